The number of ketones is 1. The van der Waals surface area contributed by atoms with Crippen molar-refractivity contribution in [3.63, 3.8) is 0 Å². The van der Waals surface area contributed by atoms with E-state index in [1.54, 1.807) is 4.72 Å². The fourth-order valence-corrected chi connectivity index (χ4v) is 3.28. The molecule has 0 spiro atoms. The predicted octanol–water partition coefficient (Wildman–Crippen LogP) is 4.26. The predicted molar refractivity (Wildman–Crippen MR) is 84.6 cm³/mol. The molecule has 0 radical (unpaired) electrons. The van der Waals surface area contributed by atoms with Gasteiger partial charge in [0.2, 0.25) is 10.0 Å². The minimum atomic E-state index is -4.90. The SMILES string of the molecule is O=C(CS(=O)(=O)Nc1ccc(Cl)cc1C(F)(F)F)c1cc(F)cc(F)c1. The number of Topliss-reactive ketones (excluding diaryl/α,β-unsaturated/α-hetero) is 1. The summed E-state index contributed by atoms with van der Waals surface area (Å²) in [6, 6.07) is 4.04. The number of hydrogen-bond donors (Lipinski definition) is 1. The number of anilines is 1. The number of halogens is 6. The Morgan fingerprint density at radius 3 is 2.15 bits per heavy atom. The van der Waals surface area contributed by atoms with Crippen LogP contribution in [0.3, 0.4) is 0 Å². The molecule has 0 aromatic heterocycles. The Kier molecular flexibility index (Phi) is 5.57. The number of hydrogen-bond acceptors (Lipinski definition) is 3. The summed E-state index contributed by atoms with van der Waals surface area (Å²) in [6.45, 7) is 0. The Bertz CT molecular complexity index is 940. The molecule has 0 saturated heterocycles. The summed E-state index contributed by atoms with van der Waals surface area (Å²) >= 11 is 5.49. The van der Waals surface area contributed by atoms with Gasteiger partial charge in [0, 0.05) is 16.7 Å². The van der Waals surface area contributed by atoms with E-state index in [1.165, 1.54) is 0 Å². The second-order valence-corrected chi connectivity index (χ2v) is 7.29. The van der Waals surface area contributed by atoms with Gasteiger partial charge in [-0.2, -0.15) is 13.2 Å². The van der Waals surface area contributed by atoms with E-state index in [4.69, 9.17) is 11.6 Å². The second-order valence-electron chi connectivity index (χ2n) is 5.13. The zero-order valence-electron chi connectivity index (χ0n) is 12.6. The van der Waals surface area contributed by atoms with Crippen molar-refractivity contribution in [2.24, 2.45) is 0 Å². The molecular weight excluding hydrogens is 405 g/mol. The summed E-state index contributed by atoms with van der Waals surface area (Å²) in [6.07, 6.45) is -4.90. The standard InChI is InChI=1S/C15H9ClF5NO3S/c16-9-1-2-13(12(5-9)15(19,20)21)22-26(24,25)7-14(23)8-3-10(17)6-11(18)4-8/h1-6,22H,7H2. The first-order chi connectivity index (χ1) is 11.9. The van der Waals surface area contributed by atoms with Gasteiger partial charge in [-0.25, -0.2) is 17.2 Å². The van der Waals surface area contributed by atoms with E-state index >= 15 is 0 Å². The maximum atomic E-state index is 13.1. The Balaban J connectivity index is 2.28. The number of sulfonamides is 1. The lowest BCUT2D eigenvalue weighted by Crippen LogP contribution is -2.24. The molecule has 2 aromatic rings. The first kappa shape index (κ1) is 20.1. The minimum absolute atomic E-state index is 0.272. The minimum Gasteiger partial charge on any atom is -0.293 e. The van der Waals surface area contributed by atoms with Gasteiger partial charge < -0.3 is 0 Å². The van der Waals surface area contributed by atoms with Crippen molar-refractivity contribution in [2.75, 3.05) is 10.5 Å². The number of carbonyl (C=O) groups excluding carboxylic acids is 1. The van der Waals surface area contributed by atoms with Crippen LogP contribution in [0.2, 0.25) is 5.02 Å². The van der Waals surface area contributed by atoms with Gasteiger partial charge in [-0.1, -0.05) is 11.6 Å². The molecule has 0 heterocycles. The van der Waals surface area contributed by atoms with E-state index in [2.05, 4.69) is 0 Å². The topological polar surface area (TPSA) is 63.2 Å². The summed E-state index contributed by atoms with van der Waals surface area (Å²) in [7, 11) is -4.59. The van der Waals surface area contributed by atoms with Gasteiger partial charge in [0.05, 0.1) is 11.3 Å². The summed E-state index contributed by atoms with van der Waals surface area (Å²) in [4.78, 5) is 11.9. The van der Waals surface area contributed by atoms with Crippen LogP contribution >= 0.6 is 11.6 Å². The Labute approximate surface area is 149 Å². The molecule has 140 valence electrons. The van der Waals surface area contributed by atoms with Crippen LogP contribution in [0.4, 0.5) is 27.6 Å². The van der Waals surface area contributed by atoms with Crippen molar-refractivity contribution in [2.45, 2.75) is 6.18 Å². The fourth-order valence-electron chi connectivity index (χ4n) is 2.01. The lowest BCUT2D eigenvalue weighted by Gasteiger charge is -2.15. The normalized spacial score (nSPS) is 12.1. The van der Waals surface area contributed by atoms with E-state index in [-0.39, 0.29) is 5.02 Å². The van der Waals surface area contributed by atoms with Crippen molar-refractivity contribution in [1.29, 1.82) is 0 Å². The van der Waals surface area contributed by atoms with Gasteiger partial charge in [-0.15, -0.1) is 0 Å². The Hall–Kier alpha value is -2.20. The number of rotatable bonds is 5. The van der Waals surface area contributed by atoms with Gasteiger partial charge in [0.1, 0.15) is 17.4 Å². The molecule has 0 aliphatic carbocycles. The van der Waals surface area contributed by atoms with Crippen LogP contribution in [0.5, 0.6) is 0 Å². The lowest BCUT2D eigenvalue weighted by atomic mass is 10.1. The molecule has 0 aliphatic heterocycles. The Morgan fingerprint density at radius 2 is 1.62 bits per heavy atom. The molecule has 0 unspecified atom stereocenters. The molecule has 26 heavy (non-hydrogen) atoms. The Morgan fingerprint density at radius 1 is 1.04 bits per heavy atom. The number of alkyl halides is 3. The van der Waals surface area contributed by atoms with E-state index in [0.29, 0.717) is 24.3 Å². The molecule has 0 saturated carbocycles. The maximum Gasteiger partial charge on any atom is 0.418 e. The smallest absolute Gasteiger partial charge is 0.293 e. The largest absolute Gasteiger partial charge is 0.418 e. The zero-order chi connectivity index (χ0) is 19.7. The van der Waals surface area contributed by atoms with Crippen molar-refractivity contribution in [3.8, 4) is 0 Å². The third-order valence-electron chi connectivity index (χ3n) is 3.06. The van der Waals surface area contributed by atoms with Crippen LogP contribution in [0.25, 0.3) is 0 Å². The molecule has 1 N–H and O–H groups in total. The van der Waals surface area contributed by atoms with Crippen LogP contribution in [0.1, 0.15) is 15.9 Å². The maximum absolute atomic E-state index is 13.1. The van der Waals surface area contributed by atoms with E-state index in [1.807, 2.05) is 0 Å². The quantitative estimate of drug-likeness (QED) is 0.588. The first-order valence-corrected chi connectivity index (χ1v) is 8.77. The first-order valence-electron chi connectivity index (χ1n) is 6.74. The molecule has 0 bridgehead atoms. The molecule has 2 aromatic carbocycles. The van der Waals surface area contributed by atoms with Crippen molar-refractivity contribution in [3.05, 3.63) is 64.2 Å². The average molecular weight is 414 g/mol. The molecule has 0 amide bonds. The van der Waals surface area contributed by atoms with Gasteiger partial charge in [-0.3, -0.25) is 9.52 Å². The van der Waals surface area contributed by atoms with Gasteiger partial charge in [-0.05, 0) is 30.3 Å². The monoisotopic (exact) mass is 413 g/mol. The van der Waals surface area contributed by atoms with Crippen molar-refractivity contribution >= 4 is 33.1 Å². The number of carbonyl (C=O) groups is 1. The molecule has 0 atom stereocenters. The molecule has 0 aliphatic rings. The third kappa shape index (κ3) is 5.15. The molecule has 0 fully saturated rings. The average Bonchev–Trinajstić information content (AvgIpc) is 2.46. The van der Waals surface area contributed by atoms with E-state index in [0.717, 1.165) is 12.1 Å². The van der Waals surface area contributed by atoms with E-state index in [9.17, 15) is 35.2 Å². The van der Waals surface area contributed by atoms with Crippen molar-refractivity contribution < 1.29 is 35.2 Å². The highest BCUT2D eigenvalue weighted by atomic mass is 35.5. The lowest BCUT2D eigenvalue weighted by molar-refractivity contribution is -0.136. The van der Waals surface area contributed by atoms with Crippen LogP contribution in [-0.4, -0.2) is 20.0 Å². The summed E-state index contributed by atoms with van der Waals surface area (Å²) in [5.41, 5.74) is -2.75. The fraction of sp³-hybridized carbons (Fsp3) is 0.133. The van der Waals surface area contributed by atoms with Gasteiger partial charge >= 0.3 is 6.18 Å². The van der Waals surface area contributed by atoms with Crippen LogP contribution in [0.15, 0.2) is 36.4 Å². The summed E-state index contributed by atoms with van der Waals surface area (Å²) in [5, 5.41) is -0.272. The highest BCUT2D eigenvalue weighted by Crippen LogP contribution is 2.36. The second kappa shape index (κ2) is 7.20. The van der Waals surface area contributed by atoms with Gasteiger partial charge in [0.25, 0.3) is 0 Å². The molecule has 11 heteroatoms. The molecule has 2 rings (SSSR count). The van der Waals surface area contributed by atoms with Crippen LogP contribution in [0, 0.1) is 11.6 Å². The number of benzene rings is 2. The highest BCUT2D eigenvalue weighted by molar-refractivity contribution is 7.93. The number of nitrogens with one attached hydrogen (secondary N) is 1. The zero-order valence-corrected chi connectivity index (χ0v) is 14.1. The van der Waals surface area contributed by atoms with Gasteiger partial charge in [0.15, 0.2) is 5.78 Å². The molecular formula is C15H9ClF5NO3S. The van der Waals surface area contributed by atoms with E-state index < -0.39 is 56.2 Å². The van der Waals surface area contributed by atoms with Crippen LogP contribution < -0.4 is 4.72 Å². The van der Waals surface area contributed by atoms with Crippen LogP contribution in [-0.2, 0) is 16.2 Å². The molecule has 4 nitrogen and oxygen atoms in total. The highest BCUT2D eigenvalue weighted by Gasteiger charge is 2.35. The summed E-state index contributed by atoms with van der Waals surface area (Å²) in [5.74, 6) is -4.71. The third-order valence-corrected chi connectivity index (χ3v) is 4.47. The summed E-state index contributed by atoms with van der Waals surface area (Å²) < 4.78 is 90.8. The van der Waals surface area contributed by atoms with Crippen molar-refractivity contribution in [1.82, 2.24) is 0 Å².